The van der Waals surface area contributed by atoms with E-state index in [1.165, 1.54) is 28.0 Å². The Morgan fingerprint density at radius 3 is 1.66 bits per heavy atom. The van der Waals surface area contributed by atoms with Gasteiger partial charge in [0.25, 0.3) is 11.8 Å². The van der Waals surface area contributed by atoms with E-state index in [1.54, 1.807) is 27.8 Å². The number of esters is 2. The van der Waals surface area contributed by atoms with Crippen LogP contribution in [0.15, 0.2) is 202 Å². The third kappa shape index (κ3) is 11.0. The minimum absolute atomic E-state index is 0.0178. The number of nitrogens with one attached hydrogen (secondary N) is 3. The smallest absolute Gasteiger partial charge is 0.358 e. The monoisotopic (exact) mass is 1130 g/mol. The summed E-state index contributed by atoms with van der Waals surface area (Å²) in [7, 11) is 1.72. The number of thiazole rings is 1. The molecular weight excluding hydrogens is 1080 g/mol. The molecule has 2 aliphatic heterocycles. The first-order valence-corrected chi connectivity index (χ1v) is 28.1. The van der Waals surface area contributed by atoms with E-state index < -0.39 is 59.2 Å². The summed E-state index contributed by atoms with van der Waals surface area (Å²) in [5.41, 5.74) is 1.12. The molecular formula is C60H53ClN8O7S3. The second-order valence-electron chi connectivity index (χ2n) is 19.4. The average Bonchev–Trinajstić information content (AvgIpc) is 4.24. The first-order chi connectivity index (χ1) is 38.3. The first kappa shape index (κ1) is 54.2. The van der Waals surface area contributed by atoms with Gasteiger partial charge in [-0.25, -0.2) is 9.78 Å². The van der Waals surface area contributed by atoms with Crippen LogP contribution in [0.5, 0.6) is 0 Å². The molecule has 8 aromatic rings. The second-order valence-corrected chi connectivity index (χ2v) is 23.3. The second kappa shape index (κ2) is 23.4. The number of oxime groups is 1. The van der Waals surface area contributed by atoms with Gasteiger partial charge in [-0.05, 0) is 50.3 Å². The van der Waals surface area contributed by atoms with Crippen LogP contribution in [-0.2, 0) is 44.6 Å². The fraction of sp³-hybridized carbons (Fsp3) is 0.200. The molecule has 15 nitrogen and oxygen atoms in total. The molecule has 2 atom stereocenters. The Kier molecular flexibility index (Phi) is 16.1. The van der Waals surface area contributed by atoms with Crippen molar-refractivity contribution < 1.29 is 33.5 Å². The fourth-order valence-corrected chi connectivity index (χ4v) is 12.7. The maximum absolute atomic E-state index is 15.5. The van der Waals surface area contributed by atoms with Crippen molar-refractivity contribution in [2.24, 2.45) is 10.6 Å². The van der Waals surface area contributed by atoms with E-state index in [4.69, 9.17) is 36.1 Å². The molecule has 10 rings (SSSR count). The molecule has 2 unspecified atom stereocenters. The summed E-state index contributed by atoms with van der Waals surface area (Å²) in [6, 6.07) is 56.8. The molecule has 19 heteroatoms. The fourth-order valence-electron chi connectivity index (χ4n) is 9.63. The standard InChI is InChI=1S/C60H53ClN8O7S3/c1-58(2,3)54(73)75-37-74-53(72)49-45(77-57-67-66-55(62-4)79-57)36-35-44-46(52(71)69(44)49)63-51(70)48(68-76-60(41-29-17-8-18-30-41,42-31-19-9-20-32-42)43-33-21-10-22-34-43)47-50(61)78-56(64-47)65-59(38-23-11-5-12-24-38,39-25-13-6-14-26-39)40-27-15-7-16-28-40/h5-34,44,46H,35-37H2,1-4H3,(H,62,66)(H,63,70)(H,64,65). The average molecular weight is 1130 g/mol. The quantitative estimate of drug-likeness (QED) is 0.0174. The topological polar surface area (TPSA) is 186 Å². The van der Waals surface area contributed by atoms with Crippen LogP contribution < -0.4 is 16.0 Å². The largest absolute Gasteiger partial charge is 0.427 e. The summed E-state index contributed by atoms with van der Waals surface area (Å²) in [5, 5.41) is 23.8. The lowest BCUT2D eigenvalue weighted by Gasteiger charge is -2.50. The first-order valence-electron chi connectivity index (χ1n) is 25.3. The molecule has 0 aliphatic carbocycles. The Bertz CT molecular complexity index is 3340. The Hall–Kier alpha value is -8.16. The van der Waals surface area contributed by atoms with E-state index in [0.717, 1.165) is 28.0 Å². The Balaban J connectivity index is 1.06. The van der Waals surface area contributed by atoms with Crippen molar-refractivity contribution in [1.29, 1.82) is 0 Å². The number of fused-ring (bicyclic) bond motifs is 1. The van der Waals surface area contributed by atoms with Crippen molar-refractivity contribution in [3.8, 4) is 0 Å². The number of allylic oxidation sites excluding steroid dienone is 1. The van der Waals surface area contributed by atoms with Crippen molar-refractivity contribution in [3.63, 3.8) is 0 Å². The van der Waals surface area contributed by atoms with E-state index >= 15 is 4.79 Å². The number of amides is 2. The summed E-state index contributed by atoms with van der Waals surface area (Å²) in [6.45, 7) is 4.35. The van der Waals surface area contributed by atoms with E-state index in [9.17, 15) is 14.4 Å². The summed E-state index contributed by atoms with van der Waals surface area (Å²) in [5.74, 6) is -2.90. The maximum atomic E-state index is 15.5. The van der Waals surface area contributed by atoms with Gasteiger partial charge in [-0.1, -0.05) is 233 Å². The van der Waals surface area contributed by atoms with Gasteiger partial charge in [-0.15, -0.1) is 10.2 Å². The molecule has 400 valence electrons. The van der Waals surface area contributed by atoms with Crippen molar-refractivity contribution in [2.45, 2.75) is 61.2 Å². The zero-order valence-corrected chi connectivity index (χ0v) is 46.5. The van der Waals surface area contributed by atoms with Gasteiger partial charge < -0.3 is 30.3 Å². The highest BCUT2D eigenvalue weighted by Gasteiger charge is 2.55. The van der Waals surface area contributed by atoms with Crippen molar-refractivity contribution in [2.75, 3.05) is 24.5 Å². The van der Waals surface area contributed by atoms with E-state index in [-0.39, 0.29) is 21.4 Å². The minimum Gasteiger partial charge on any atom is -0.427 e. The molecule has 2 aromatic heterocycles. The van der Waals surface area contributed by atoms with Crippen LogP contribution >= 0.6 is 46.0 Å². The van der Waals surface area contributed by atoms with Gasteiger partial charge >= 0.3 is 11.9 Å². The zero-order chi connectivity index (χ0) is 55.2. The number of thioether (sulfide) groups is 1. The molecule has 6 aromatic carbocycles. The predicted molar refractivity (Wildman–Crippen MR) is 307 cm³/mol. The summed E-state index contributed by atoms with van der Waals surface area (Å²) >= 11 is 10.9. The Morgan fingerprint density at radius 2 is 1.19 bits per heavy atom. The van der Waals surface area contributed by atoms with Crippen molar-refractivity contribution in [1.82, 2.24) is 25.4 Å². The molecule has 79 heavy (non-hydrogen) atoms. The third-order valence-electron chi connectivity index (χ3n) is 13.5. The van der Waals surface area contributed by atoms with Crippen LogP contribution in [0.3, 0.4) is 0 Å². The molecule has 4 heterocycles. The number of ether oxygens (including phenoxy) is 2. The lowest BCUT2D eigenvalue weighted by Crippen LogP contribution is -2.72. The molecule has 0 bridgehead atoms. The Labute approximate surface area is 474 Å². The number of rotatable bonds is 19. The minimum atomic E-state index is -1.44. The number of hydrogen-bond donors (Lipinski definition) is 3. The number of anilines is 2. The summed E-state index contributed by atoms with van der Waals surface area (Å²) in [4.78, 5) is 70.8. The van der Waals surface area contributed by atoms with Crippen LogP contribution in [0, 0.1) is 5.41 Å². The lowest BCUT2D eigenvalue weighted by atomic mass is 9.77. The van der Waals surface area contributed by atoms with Gasteiger partial charge in [0.05, 0.1) is 11.5 Å². The maximum Gasteiger partial charge on any atom is 0.358 e. The number of hydrogen-bond acceptors (Lipinski definition) is 16. The summed E-state index contributed by atoms with van der Waals surface area (Å²) < 4.78 is 11.4. The van der Waals surface area contributed by atoms with Gasteiger partial charge in [0.2, 0.25) is 17.5 Å². The number of carbonyl (C=O) groups excluding carboxylic acids is 4. The van der Waals surface area contributed by atoms with Crippen LogP contribution in [-0.4, -0.2) is 75.5 Å². The van der Waals surface area contributed by atoms with E-state index in [1.807, 2.05) is 182 Å². The van der Waals surface area contributed by atoms with Gasteiger partial charge in [0.15, 0.2) is 15.2 Å². The highest BCUT2D eigenvalue weighted by molar-refractivity contribution is 8.04. The zero-order valence-electron chi connectivity index (χ0n) is 43.3. The number of nitrogens with zero attached hydrogens (tertiary/aromatic N) is 5. The van der Waals surface area contributed by atoms with E-state index in [0.29, 0.717) is 49.0 Å². The highest BCUT2D eigenvalue weighted by atomic mass is 35.5. The molecule has 3 N–H and O–H groups in total. The highest BCUT2D eigenvalue weighted by Crippen LogP contribution is 2.46. The molecule has 2 amide bonds. The molecule has 0 radical (unpaired) electrons. The Morgan fingerprint density at radius 1 is 0.696 bits per heavy atom. The van der Waals surface area contributed by atoms with Gasteiger partial charge in [0, 0.05) is 28.6 Å². The van der Waals surface area contributed by atoms with Crippen molar-refractivity contribution >= 4 is 85.8 Å². The molecule has 2 aliphatic rings. The van der Waals surface area contributed by atoms with Gasteiger partial charge in [-0.2, -0.15) is 0 Å². The number of aromatic nitrogens is 3. The van der Waals surface area contributed by atoms with Crippen LogP contribution in [0.2, 0.25) is 4.34 Å². The van der Waals surface area contributed by atoms with Gasteiger partial charge in [0.1, 0.15) is 27.3 Å². The van der Waals surface area contributed by atoms with Crippen molar-refractivity contribution in [3.05, 3.63) is 236 Å². The molecule has 1 saturated heterocycles. The summed E-state index contributed by atoms with van der Waals surface area (Å²) in [6.07, 6.45) is 0.629. The van der Waals surface area contributed by atoms with Crippen LogP contribution in [0.4, 0.5) is 10.3 Å². The van der Waals surface area contributed by atoms with Crippen LogP contribution in [0.1, 0.15) is 72.7 Å². The third-order valence-corrected chi connectivity index (χ3v) is 16.8. The number of benzene rings is 6. The molecule has 1 fully saturated rings. The number of β-lactam (4-membered cyclic amide) rings is 1. The number of carbonyl (C=O) groups is 4. The van der Waals surface area contributed by atoms with Crippen LogP contribution in [0.25, 0.3) is 0 Å². The molecule has 0 saturated carbocycles. The number of halogens is 1. The predicted octanol–water partition coefficient (Wildman–Crippen LogP) is 11.4. The molecule has 0 spiro atoms. The normalized spacial score (nSPS) is 15.6. The SMILES string of the molecule is CNc1nnc(SC2=C(C(=O)OCOC(=O)C(C)(C)C)N3C(=O)C(NC(=O)C(=NOC(c4ccccc4)(c4ccccc4)c4ccccc4)c4nc(NC(c5ccccc5)(c5ccccc5)c5ccccc5)sc4Cl)C3CC2)s1. The van der Waals surface area contributed by atoms with E-state index in [2.05, 4.69) is 26.1 Å². The van der Waals surface area contributed by atoms with Gasteiger partial charge in [-0.3, -0.25) is 19.3 Å². The lowest BCUT2D eigenvalue weighted by molar-refractivity contribution is -0.174.